The Morgan fingerprint density at radius 2 is 0.950 bits per heavy atom. The first-order chi connectivity index (χ1) is 9.95. The van der Waals surface area contributed by atoms with Crippen LogP contribution in [0.5, 0.6) is 0 Å². The predicted molar refractivity (Wildman–Crippen MR) is 87.2 cm³/mol. The van der Waals surface area contributed by atoms with Gasteiger partial charge in [-0.2, -0.15) is 0 Å². The van der Waals surface area contributed by atoms with Crippen LogP contribution in [-0.4, -0.2) is 0 Å². The first-order valence-electron chi connectivity index (χ1n) is 8.92. The van der Waals surface area contributed by atoms with Crippen LogP contribution in [0.4, 0.5) is 0 Å². The third kappa shape index (κ3) is 6.52. The second-order valence-corrected chi connectivity index (χ2v) is 6.52. The molecule has 0 aromatic rings. The highest BCUT2D eigenvalue weighted by Crippen LogP contribution is 2.23. The topological polar surface area (TPSA) is 0 Å². The van der Waals surface area contributed by atoms with Gasteiger partial charge in [-0.05, 0) is 38.5 Å². The monoisotopic (exact) mass is 270 g/mol. The maximum absolute atomic E-state index is 3.48. The maximum atomic E-state index is 3.48. The van der Waals surface area contributed by atoms with E-state index in [2.05, 4.69) is 23.7 Å². The molecule has 0 aromatic carbocycles. The van der Waals surface area contributed by atoms with E-state index in [0.29, 0.717) is 0 Å². The Kier molecular flexibility index (Phi) is 7.70. The Hall–Kier alpha value is -0.880. The molecule has 0 spiro atoms. The van der Waals surface area contributed by atoms with Crippen LogP contribution in [0.1, 0.15) is 89.9 Å². The van der Waals surface area contributed by atoms with E-state index >= 15 is 0 Å². The standard InChI is InChI=1S/C20H30/c1(3-7-13-19-15-9-5-10-16-19)2-4-8-14-20-17-11-6-12-18-20/h19-20H,1-6,9-12,15-18H2. The molecule has 0 saturated heterocycles. The molecule has 0 nitrogen and oxygen atoms in total. The molecule has 0 N–H and O–H groups in total. The minimum atomic E-state index is 0.717. The number of rotatable bonds is 3. The fourth-order valence-corrected chi connectivity index (χ4v) is 3.35. The summed E-state index contributed by atoms with van der Waals surface area (Å²) >= 11 is 0. The number of hydrogen-bond donors (Lipinski definition) is 0. The van der Waals surface area contributed by atoms with Crippen molar-refractivity contribution < 1.29 is 0 Å². The first-order valence-corrected chi connectivity index (χ1v) is 8.92. The van der Waals surface area contributed by atoms with Crippen LogP contribution in [0, 0.1) is 35.5 Å². The van der Waals surface area contributed by atoms with Crippen LogP contribution < -0.4 is 0 Å². The van der Waals surface area contributed by atoms with E-state index in [1.54, 1.807) is 0 Å². The summed E-state index contributed by atoms with van der Waals surface area (Å²) in [6.45, 7) is 0. The van der Waals surface area contributed by atoms with E-state index < -0.39 is 0 Å². The maximum Gasteiger partial charge on any atom is 0.0202 e. The van der Waals surface area contributed by atoms with E-state index in [0.717, 1.165) is 24.7 Å². The van der Waals surface area contributed by atoms with Gasteiger partial charge in [-0.3, -0.25) is 0 Å². The normalized spacial score (nSPS) is 20.6. The van der Waals surface area contributed by atoms with Crippen molar-refractivity contribution in [1.82, 2.24) is 0 Å². The second kappa shape index (κ2) is 9.94. The smallest absolute Gasteiger partial charge is 0.0202 e. The molecule has 2 rings (SSSR count). The summed E-state index contributed by atoms with van der Waals surface area (Å²) in [5.41, 5.74) is 0. The molecule has 20 heavy (non-hydrogen) atoms. The van der Waals surface area contributed by atoms with E-state index in [9.17, 15) is 0 Å². The van der Waals surface area contributed by atoms with Crippen LogP contribution in [0.15, 0.2) is 0 Å². The third-order valence-electron chi connectivity index (χ3n) is 4.68. The predicted octanol–water partition coefficient (Wildman–Crippen LogP) is 5.71. The van der Waals surface area contributed by atoms with Gasteiger partial charge >= 0.3 is 0 Å². The summed E-state index contributed by atoms with van der Waals surface area (Å²) in [6.07, 6.45) is 18.5. The van der Waals surface area contributed by atoms with Crippen molar-refractivity contribution in [3.05, 3.63) is 0 Å². The molecular formula is C20H30. The van der Waals surface area contributed by atoms with Crippen molar-refractivity contribution in [1.29, 1.82) is 0 Å². The lowest BCUT2D eigenvalue weighted by Gasteiger charge is -2.15. The molecule has 2 aliphatic carbocycles. The minimum Gasteiger partial charge on any atom is -0.103 e. The lowest BCUT2D eigenvalue weighted by molar-refractivity contribution is 0.430. The Balaban J connectivity index is 1.49. The number of hydrogen-bond acceptors (Lipinski definition) is 0. The summed E-state index contributed by atoms with van der Waals surface area (Å²) < 4.78 is 0. The van der Waals surface area contributed by atoms with E-state index in [-0.39, 0.29) is 0 Å². The van der Waals surface area contributed by atoms with Crippen LogP contribution in [0.3, 0.4) is 0 Å². The Morgan fingerprint density at radius 3 is 1.35 bits per heavy atom. The van der Waals surface area contributed by atoms with Crippen molar-refractivity contribution in [2.45, 2.75) is 89.9 Å². The molecule has 0 amide bonds. The summed E-state index contributed by atoms with van der Waals surface area (Å²) in [5, 5.41) is 0. The van der Waals surface area contributed by atoms with Gasteiger partial charge in [0.2, 0.25) is 0 Å². The molecule has 2 aliphatic rings. The third-order valence-corrected chi connectivity index (χ3v) is 4.68. The zero-order valence-electron chi connectivity index (χ0n) is 13.1. The highest BCUT2D eigenvalue weighted by Gasteiger charge is 2.10. The average molecular weight is 270 g/mol. The lowest BCUT2D eigenvalue weighted by Crippen LogP contribution is -2.03. The molecule has 0 unspecified atom stereocenters. The highest BCUT2D eigenvalue weighted by atomic mass is 14.1. The van der Waals surface area contributed by atoms with Crippen molar-refractivity contribution in [2.75, 3.05) is 0 Å². The van der Waals surface area contributed by atoms with Gasteiger partial charge in [-0.15, -0.1) is 11.8 Å². The Bertz CT molecular complexity index is 320. The SMILES string of the molecule is C(#CC1CCCCC1)CCCCC#CC1CCCCC1. The van der Waals surface area contributed by atoms with Gasteiger partial charge in [0.05, 0.1) is 0 Å². The fraction of sp³-hybridized carbons (Fsp3) is 0.800. The van der Waals surface area contributed by atoms with Crippen LogP contribution >= 0.6 is 0 Å². The highest BCUT2D eigenvalue weighted by molar-refractivity contribution is 5.06. The van der Waals surface area contributed by atoms with Gasteiger partial charge in [0, 0.05) is 24.7 Å². The molecule has 0 heterocycles. The average Bonchev–Trinajstić information content (AvgIpc) is 2.52. The Labute approximate surface area is 126 Å². The van der Waals surface area contributed by atoms with Crippen molar-refractivity contribution in [2.24, 2.45) is 11.8 Å². The number of unbranched alkanes of at least 4 members (excludes halogenated alkanes) is 3. The molecular weight excluding hydrogens is 240 g/mol. The summed E-state index contributed by atoms with van der Waals surface area (Å²) in [7, 11) is 0. The van der Waals surface area contributed by atoms with Gasteiger partial charge in [0.25, 0.3) is 0 Å². The summed E-state index contributed by atoms with van der Waals surface area (Å²) in [5.74, 6) is 15.2. The van der Waals surface area contributed by atoms with Gasteiger partial charge < -0.3 is 0 Å². The molecule has 0 radical (unpaired) electrons. The van der Waals surface area contributed by atoms with Crippen LogP contribution in [0.2, 0.25) is 0 Å². The van der Waals surface area contributed by atoms with E-state index in [1.165, 1.54) is 77.0 Å². The summed E-state index contributed by atoms with van der Waals surface area (Å²) in [6, 6.07) is 0. The van der Waals surface area contributed by atoms with Gasteiger partial charge in [0.15, 0.2) is 0 Å². The molecule has 0 bridgehead atoms. The van der Waals surface area contributed by atoms with Crippen LogP contribution in [-0.2, 0) is 0 Å². The van der Waals surface area contributed by atoms with E-state index in [1.807, 2.05) is 0 Å². The fourth-order valence-electron chi connectivity index (χ4n) is 3.35. The molecule has 0 aromatic heterocycles. The zero-order chi connectivity index (χ0) is 13.9. The Morgan fingerprint density at radius 1 is 0.550 bits per heavy atom. The van der Waals surface area contributed by atoms with Gasteiger partial charge in [0.1, 0.15) is 0 Å². The lowest BCUT2D eigenvalue weighted by atomic mass is 9.89. The second-order valence-electron chi connectivity index (χ2n) is 6.52. The molecule has 2 fully saturated rings. The quantitative estimate of drug-likeness (QED) is 0.455. The van der Waals surface area contributed by atoms with Gasteiger partial charge in [-0.1, -0.05) is 50.4 Å². The van der Waals surface area contributed by atoms with Crippen molar-refractivity contribution in [3.63, 3.8) is 0 Å². The molecule has 110 valence electrons. The molecule has 0 aliphatic heterocycles. The van der Waals surface area contributed by atoms with Crippen molar-refractivity contribution >= 4 is 0 Å². The molecule has 0 atom stereocenters. The van der Waals surface area contributed by atoms with Crippen molar-refractivity contribution in [3.8, 4) is 23.7 Å². The first kappa shape index (κ1) is 15.5. The van der Waals surface area contributed by atoms with E-state index in [4.69, 9.17) is 0 Å². The summed E-state index contributed by atoms with van der Waals surface area (Å²) in [4.78, 5) is 0. The van der Waals surface area contributed by atoms with Crippen LogP contribution in [0.25, 0.3) is 0 Å². The molecule has 0 heteroatoms. The minimum absolute atomic E-state index is 0.717. The largest absolute Gasteiger partial charge is 0.103 e. The van der Waals surface area contributed by atoms with Gasteiger partial charge in [-0.25, -0.2) is 0 Å². The zero-order valence-corrected chi connectivity index (χ0v) is 13.1. The molecule has 2 saturated carbocycles.